The predicted molar refractivity (Wildman–Crippen MR) is 263 cm³/mol. The number of carbonyl (C=O) groups is 2. The number of carbonyl (C=O) groups excluding carboxylic acids is 2. The van der Waals surface area contributed by atoms with Crippen molar-refractivity contribution in [3.05, 3.63) is 48.6 Å². The SMILES string of the molecule is CCCCCCCCCCCCCCCCCCCCCCCC(=O)OC[C@H](COP(=O)(O)OCC[N+](C)(C)C)OC(=O)CCC/C=C\C/C=C\C/C=C\C=C\[C@@H](O)CCCCC. The second kappa shape index (κ2) is 43.8. The first-order chi connectivity index (χ1) is 30.4. The van der Waals surface area contributed by atoms with Gasteiger partial charge in [0.1, 0.15) is 19.8 Å². The zero-order chi connectivity index (χ0) is 46.5. The number of aliphatic hydroxyl groups excluding tert-OH is 1. The van der Waals surface area contributed by atoms with E-state index in [1.807, 2.05) is 57.6 Å². The van der Waals surface area contributed by atoms with Crippen molar-refractivity contribution >= 4 is 19.8 Å². The minimum atomic E-state index is -4.41. The summed E-state index contributed by atoms with van der Waals surface area (Å²) in [5, 5.41) is 9.92. The molecule has 0 aliphatic carbocycles. The summed E-state index contributed by atoms with van der Waals surface area (Å²) in [6.07, 6.45) is 49.3. The Bertz CT molecular complexity index is 1230. The van der Waals surface area contributed by atoms with Gasteiger partial charge in [-0.1, -0.05) is 210 Å². The van der Waals surface area contributed by atoms with E-state index in [4.69, 9.17) is 18.5 Å². The molecule has 0 heterocycles. The largest absolute Gasteiger partial charge is 0.472 e. The second-order valence-corrected chi connectivity index (χ2v) is 19.9. The molecule has 3 atom stereocenters. The minimum Gasteiger partial charge on any atom is -0.462 e. The first kappa shape index (κ1) is 60.9. The van der Waals surface area contributed by atoms with Gasteiger partial charge in [-0.15, -0.1) is 0 Å². The first-order valence-electron chi connectivity index (χ1n) is 25.5. The number of hydrogen-bond donors (Lipinski definition) is 2. The summed E-state index contributed by atoms with van der Waals surface area (Å²) in [6, 6.07) is 0. The van der Waals surface area contributed by atoms with Crippen molar-refractivity contribution in [3.8, 4) is 0 Å². The van der Waals surface area contributed by atoms with Crippen LogP contribution in [0.15, 0.2) is 48.6 Å². The van der Waals surface area contributed by atoms with E-state index in [0.29, 0.717) is 23.9 Å². The van der Waals surface area contributed by atoms with Crippen molar-refractivity contribution < 1.29 is 47.2 Å². The van der Waals surface area contributed by atoms with E-state index in [1.54, 1.807) is 0 Å². The van der Waals surface area contributed by atoms with Crippen LogP contribution >= 0.6 is 7.82 Å². The minimum absolute atomic E-state index is 0.0132. The third-order valence-electron chi connectivity index (χ3n) is 11.0. The molecule has 0 aromatic rings. The third kappa shape index (κ3) is 47.7. The van der Waals surface area contributed by atoms with Crippen LogP contribution in [0.25, 0.3) is 0 Å². The predicted octanol–water partition coefficient (Wildman–Crippen LogP) is 14.0. The van der Waals surface area contributed by atoms with Gasteiger partial charge in [-0.25, -0.2) is 4.57 Å². The summed E-state index contributed by atoms with van der Waals surface area (Å²) in [5.74, 6) is -0.884. The lowest BCUT2D eigenvalue weighted by Crippen LogP contribution is -2.37. The topological polar surface area (TPSA) is 129 Å². The van der Waals surface area contributed by atoms with Crippen LogP contribution in [0.5, 0.6) is 0 Å². The fourth-order valence-electron chi connectivity index (χ4n) is 6.94. The second-order valence-electron chi connectivity index (χ2n) is 18.4. The van der Waals surface area contributed by atoms with E-state index in [0.717, 1.165) is 57.8 Å². The van der Waals surface area contributed by atoms with Crippen molar-refractivity contribution in [1.82, 2.24) is 0 Å². The summed E-state index contributed by atoms with van der Waals surface area (Å²) in [6.45, 7) is 4.24. The smallest absolute Gasteiger partial charge is 0.462 e. The fraction of sp³-hybridized carbons (Fsp3) is 0.808. The lowest BCUT2D eigenvalue weighted by atomic mass is 10.0. The van der Waals surface area contributed by atoms with Crippen molar-refractivity contribution in [3.63, 3.8) is 0 Å². The number of hydrogen-bond acceptors (Lipinski definition) is 8. The van der Waals surface area contributed by atoms with Crippen LogP contribution in [0.4, 0.5) is 0 Å². The van der Waals surface area contributed by atoms with Crippen LogP contribution in [0.3, 0.4) is 0 Å². The molecule has 0 amide bonds. The van der Waals surface area contributed by atoms with Crippen molar-refractivity contribution in [1.29, 1.82) is 0 Å². The number of unbranched alkanes of at least 4 members (excludes halogenated alkanes) is 23. The number of rotatable bonds is 46. The molecule has 11 heteroatoms. The molecule has 0 saturated heterocycles. The lowest BCUT2D eigenvalue weighted by Gasteiger charge is -2.24. The Morgan fingerprint density at radius 2 is 1.05 bits per heavy atom. The Labute approximate surface area is 386 Å². The molecule has 2 N–H and O–H groups in total. The van der Waals surface area contributed by atoms with Gasteiger partial charge >= 0.3 is 19.8 Å². The quantitative estimate of drug-likeness (QED) is 0.0153. The molecule has 0 saturated carbocycles. The van der Waals surface area contributed by atoms with Gasteiger partial charge < -0.3 is 24.0 Å². The highest BCUT2D eigenvalue weighted by Gasteiger charge is 2.27. The van der Waals surface area contributed by atoms with E-state index in [-0.39, 0.29) is 38.1 Å². The lowest BCUT2D eigenvalue weighted by molar-refractivity contribution is -0.870. The highest BCUT2D eigenvalue weighted by molar-refractivity contribution is 7.47. The Morgan fingerprint density at radius 3 is 1.59 bits per heavy atom. The Hall–Kier alpha value is -2.07. The number of phosphoric ester groups is 1. The van der Waals surface area contributed by atoms with Crippen LogP contribution in [-0.4, -0.2) is 86.1 Å². The number of ether oxygens (including phenoxy) is 2. The molecule has 0 fully saturated rings. The van der Waals surface area contributed by atoms with E-state index in [1.165, 1.54) is 116 Å². The third-order valence-corrected chi connectivity index (χ3v) is 12.0. The maximum absolute atomic E-state index is 12.7. The van der Waals surface area contributed by atoms with Gasteiger partial charge in [0.15, 0.2) is 6.10 Å². The summed E-state index contributed by atoms with van der Waals surface area (Å²) in [5.41, 5.74) is 0. The number of phosphoric acid groups is 1. The Kier molecular flexibility index (Phi) is 42.4. The zero-order valence-electron chi connectivity index (χ0n) is 41.2. The molecule has 63 heavy (non-hydrogen) atoms. The summed E-state index contributed by atoms with van der Waals surface area (Å²) in [7, 11) is 1.42. The molecule has 0 aliphatic rings. The molecular weight excluding hydrogens is 814 g/mol. The summed E-state index contributed by atoms with van der Waals surface area (Å²) < 4.78 is 34.3. The average Bonchev–Trinajstić information content (AvgIpc) is 3.23. The number of esters is 2. The molecule has 10 nitrogen and oxygen atoms in total. The van der Waals surface area contributed by atoms with Crippen LogP contribution in [0.2, 0.25) is 0 Å². The monoisotopic (exact) mass is 911 g/mol. The van der Waals surface area contributed by atoms with Gasteiger partial charge in [0.25, 0.3) is 0 Å². The normalized spacial score (nSPS) is 14.3. The van der Waals surface area contributed by atoms with Gasteiger partial charge in [0, 0.05) is 12.8 Å². The number of nitrogens with zero attached hydrogens (tertiary/aromatic N) is 1. The molecule has 0 bridgehead atoms. The van der Waals surface area contributed by atoms with Crippen LogP contribution < -0.4 is 0 Å². The highest BCUT2D eigenvalue weighted by atomic mass is 31.2. The van der Waals surface area contributed by atoms with Gasteiger partial charge in [-0.3, -0.25) is 18.6 Å². The number of aliphatic hydroxyl groups is 1. The molecule has 1 unspecified atom stereocenters. The average molecular weight is 911 g/mol. The van der Waals surface area contributed by atoms with Crippen LogP contribution in [0, 0.1) is 0 Å². The van der Waals surface area contributed by atoms with E-state index in [9.17, 15) is 24.2 Å². The molecule has 0 aliphatic heterocycles. The van der Waals surface area contributed by atoms with Gasteiger partial charge in [0.2, 0.25) is 0 Å². The standard InChI is InChI=1S/C52H96NO9P/c1-6-8-10-11-12-13-14-15-16-17-18-19-20-21-22-23-26-29-32-35-39-43-51(55)59-47-50(48-61-63(57,58)60-46-45-53(3,4)5)62-52(56)44-40-36-33-30-27-24-25-28-31-34-38-42-49(54)41-37-9-7-2/h24-25,30-31,33-34,38,42,49-50,54H,6-23,26-29,32,35-37,39-41,43-48H2,1-5H3/p+1/b25-24-,33-30-,34-31-,42-38+/t49-,50+/m0/s1. The fourth-order valence-corrected chi connectivity index (χ4v) is 7.68. The van der Waals surface area contributed by atoms with Crippen molar-refractivity contribution in [2.24, 2.45) is 0 Å². The molecule has 0 rings (SSSR count). The Balaban J connectivity index is 4.34. The molecule has 0 spiro atoms. The maximum atomic E-state index is 12.7. The summed E-state index contributed by atoms with van der Waals surface area (Å²) in [4.78, 5) is 35.5. The molecule has 0 aromatic heterocycles. The van der Waals surface area contributed by atoms with E-state index in [2.05, 4.69) is 26.0 Å². The first-order valence-corrected chi connectivity index (χ1v) is 27.0. The molecular formula is C52H97NO9P+. The number of quaternary nitrogens is 1. The van der Waals surface area contributed by atoms with Crippen LogP contribution in [-0.2, 0) is 32.7 Å². The molecule has 0 aromatic carbocycles. The number of allylic oxidation sites excluding steroid dienone is 7. The Morgan fingerprint density at radius 1 is 0.571 bits per heavy atom. The molecule has 0 radical (unpaired) electrons. The van der Waals surface area contributed by atoms with E-state index < -0.39 is 26.5 Å². The highest BCUT2D eigenvalue weighted by Crippen LogP contribution is 2.43. The van der Waals surface area contributed by atoms with Gasteiger partial charge in [0.05, 0.1) is 33.9 Å². The zero-order valence-corrected chi connectivity index (χ0v) is 42.1. The van der Waals surface area contributed by atoms with Crippen molar-refractivity contribution in [2.45, 2.75) is 225 Å². The number of likely N-dealkylation sites (N-methyl/N-ethyl adjacent to an activating group) is 1. The maximum Gasteiger partial charge on any atom is 0.472 e. The summed E-state index contributed by atoms with van der Waals surface area (Å²) >= 11 is 0. The van der Waals surface area contributed by atoms with Crippen molar-refractivity contribution in [2.75, 3.05) is 47.5 Å². The van der Waals surface area contributed by atoms with Crippen LogP contribution in [0.1, 0.15) is 213 Å². The van der Waals surface area contributed by atoms with E-state index >= 15 is 0 Å². The molecule has 368 valence electrons. The van der Waals surface area contributed by atoms with Gasteiger partial charge in [-0.2, -0.15) is 0 Å². The van der Waals surface area contributed by atoms with Gasteiger partial charge in [-0.05, 0) is 38.5 Å².